The summed E-state index contributed by atoms with van der Waals surface area (Å²) in [4.78, 5) is 5.57. The second-order valence-corrected chi connectivity index (χ2v) is 5.38. The molecule has 0 spiro atoms. The van der Waals surface area contributed by atoms with Gasteiger partial charge in [0, 0.05) is 11.4 Å². The monoisotopic (exact) mass is 236 g/mol. The predicted octanol–water partition coefficient (Wildman–Crippen LogP) is 3.10. The number of hydrogen-bond donors (Lipinski definition) is 1. The highest BCUT2D eigenvalue weighted by Crippen LogP contribution is 2.17. The molecule has 16 heavy (non-hydrogen) atoms. The molecule has 0 aliphatic carbocycles. The van der Waals surface area contributed by atoms with Crippen LogP contribution in [0.4, 0.5) is 0 Å². The molecule has 0 heterocycles. The molecule has 88 valence electrons. The highest BCUT2D eigenvalue weighted by molar-refractivity contribution is 8.00. The van der Waals surface area contributed by atoms with Gasteiger partial charge in [-0.25, -0.2) is 0 Å². The number of aryl methyl sites for hydroxylation is 1. The van der Waals surface area contributed by atoms with Gasteiger partial charge in [0.1, 0.15) is 5.84 Å². The zero-order chi connectivity index (χ0) is 12.0. The van der Waals surface area contributed by atoms with Crippen LogP contribution in [0.5, 0.6) is 0 Å². The second-order valence-electron chi connectivity index (χ2n) is 4.33. The van der Waals surface area contributed by atoms with Crippen molar-refractivity contribution in [3.8, 4) is 0 Å². The van der Waals surface area contributed by atoms with Crippen LogP contribution in [0.25, 0.3) is 0 Å². The average Bonchev–Trinajstić information content (AvgIpc) is 2.25. The van der Waals surface area contributed by atoms with E-state index in [2.05, 4.69) is 50.0 Å². The summed E-state index contributed by atoms with van der Waals surface area (Å²) in [6.45, 7) is 7.20. The van der Waals surface area contributed by atoms with Crippen molar-refractivity contribution in [2.45, 2.75) is 25.7 Å². The Morgan fingerprint density at radius 1 is 1.31 bits per heavy atom. The molecule has 0 saturated carbocycles. The zero-order valence-corrected chi connectivity index (χ0v) is 11.1. The number of thioether (sulfide) groups is 1. The van der Waals surface area contributed by atoms with Crippen LogP contribution in [0, 0.1) is 12.8 Å². The molecule has 1 aromatic carbocycles. The molecule has 1 rings (SSSR count). The maximum absolute atomic E-state index is 5.83. The van der Waals surface area contributed by atoms with E-state index in [1.54, 1.807) is 11.8 Å². The SMILES string of the molecule is Cc1ccc(SCC(N)=NCC(C)C)cc1. The molecular formula is C13H20N2S. The summed E-state index contributed by atoms with van der Waals surface area (Å²) in [6, 6.07) is 8.47. The van der Waals surface area contributed by atoms with Crippen molar-refractivity contribution >= 4 is 17.6 Å². The van der Waals surface area contributed by atoms with Gasteiger partial charge in [0.25, 0.3) is 0 Å². The van der Waals surface area contributed by atoms with Crippen LogP contribution in [-0.4, -0.2) is 18.1 Å². The first kappa shape index (κ1) is 13.1. The van der Waals surface area contributed by atoms with Crippen LogP contribution in [0.2, 0.25) is 0 Å². The van der Waals surface area contributed by atoms with Gasteiger partial charge in [-0.2, -0.15) is 0 Å². The van der Waals surface area contributed by atoms with Crippen LogP contribution in [0.15, 0.2) is 34.2 Å². The molecule has 0 aliphatic heterocycles. The minimum absolute atomic E-state index is 0.572. The Kier molecular flexibility index (Phi) is 5.39. The van der Waals surface area contributed by atoms with Gasteiger partial charge in [-0.15, -0.1) is 11.8 Å². The molecule has 2 N–H and O–H groups in total. The molecule has 0 unspecified atom stereocenters. The summed E-state index contributed by atoms with van der Waals surface area (Å²) in [5, 5.41) is 0. The number of amidine groups is 1. The second kappa shape index (κ2) is 6.59. The molecule has 0 atom stereocenters. The number of benzene rings is 1. The molecule has 0 radical (unpaired) electrons. The standard InChI is InChI=1S/C13H20N2S/c1-10(2)8-15-13(14)9-16-12-6-4-11(3)5-7-12/h4-7,10H,8-9H2,1-3H3,(H2,14,15). The Labute approximate surface area is 102 Å². The Morgan fingerprint density at radius 3 is 2.50 bits per heavy atom. The summed E-state index contributed by atoms with van der Waals surface area (Å²) in [7, 11) is 0. The van der Waals surface area contributed by atoms with Gasteiger partial charge >= 0.3 is 0 Å². The topological polar surface area (TPSA) is 38.4 Å². The highest BCUT2D eigenvalue weighted by Gasteiger charge is 1.97. The van der Waals surface area contributed by atoms with E-state index in [-0.39, 0.29) is 0 Å². The third kappa shape index (κ3) is 5.21. The van der Waals surface area contributed by atoms with Crippen LogP contribution >= 0.6 is 11.8 Å². The van der Waals surface area contributed by atoms with Gasteiger partial charge in [-0.1, -0.05) is 31.5 Å². The zero-order valence-electron chi connectivity index (χ0n) is 10.2. The highest BCUT2D eigenvalue weighted by atomic mass is 32.2. The van der Waals surface area contributed by atoms with Crippen LogP contribution in [-0.2, 0) is 0 Å². The number of aliphatic imine (C=N–C) groups is 1. The van der Waals surface area contributed by atoms with Gasteiger partial charge in [0.05, 0.1) is 5.75 Å². The first-order chi connectivity index (χ1) is 7.58. The lowest BCUT2D eigenvalue weighted by Gasteiger charge is -2.03. The summed E-state index contributed by atoms with van der Waals surface area (Å²) in [6.07, 6.45) is 0. The first-order valence-electron chi connectivity index (χ1n) is 5.56. The van der Waals surface area contributed by atoms with E-state index in [0.29, 0.717) is 5.92 Å². The molecule has 3 heteroatoms. The fourth-order valence-corrected chi connectivity index (χ4v) is 1.87. The summed E-state index contributed by atoms with van der Waals surface area (Å²) >= 11 is 1.73. The number of nitrogens with zero attached hydrogens (tertiary/aromatic N) is 1. The van der Waals surface area contributed by atoms with Gasteiger partial charge < -0.3 is 5.73 Å². The molecule has 0 bridgehead atoms. The summed E-state index contributed by atoms with van der Waals surface area (Å²) in [5.41, 5.74) is 7.11. The maximum Gasteiger partial charge on any atom is 0.104 e. The summed E-state index contributed by atoms with van der Waals surface area (Å²) < 4.78 is 0. The predicted molar refractivity (Wildman–Crippen MR) is 73.2 cm³/mol. The summed E-state index contributed by atoms with van der Waals surface area (Å²) in [5.74, 6) is 2.08. The lowest BCUT2D eigenvalue weighted by molar-refractivity contribution is 0.665. The van der Waals surface area contributed by atoms with Crippen molar-refractivity contribution in [3.63, 3.8) is 0 Å². The fourth-order valence-electron chi connectivity index (χ4n) is 1.14. The van der Waals surface area contributed by atoms with Crippen LogP contribution < -0.4 is 5.73 Å². The normalized spacial score (nSPS) is 12.1. The molecule has 1 aromatic rings. The molecule has 0 aliphatic rings. The number of rotatable bonds is 5. The lowest BCUT2D eigenvalue weighted by Crippen LogP contribution is -2.16. The van der Waals surface area contributed by atoms with E-state index in [0.717, 1.165) is 18.1 Å². The first-order valence-corrected chi connectivity index (χ1v) is 6.54. The molecule has 0 fully saturated rings. The van der Waals surface area contributed by atoms with Crippen molar-refractivity contribution in [2.24, 2.45) is 16.6 Å². The average molecular weight is 236 g/mol. The minimum atomic E-state index is 0.572. The Morgan fingerprint density at radius 2 is 1.94 bits per heavy atom. The van der Waals surface area contributed by atoms with E-state index < -0.39 is 0 Å². The third-order valence-electron chi connectivity index (χ3n) is 2.07. The quantitative estimate of drug-likeness (QED) is 0.484. The Balaban J connectivity index is 2.39. The fraction of sp³-hybridized carbons (Fsp3) is 0.462. The van der Waals surface area contributed by atoms with Crippen LogP contribution in [0.1, 0.15) is 19.4 Å². The van der Waals surface area contributed by atoms with E-state index in [4.69, 9.17) is 5.73 Å². The molecule has 0 saturated heterocycles. The lowest BCUT2D eigenvalue weighted by atomic mass is 10.2. The van der Waals surface area contributed by atoms with E-state index in [1.807, 2.05) is 0 Å². The van der Waals surface area contributed by atoms with Crippen molar-refractivity contribution in [1.29, 1.82) is 0 Å². The molecular weight excluding hydrogens is 216 g/mol. The number of nitrogens with two attached hydrogens (primary N) is 1. The van der Waals surface area contributed by atoms with E-state index in [1.165, 1.54) is 10.5 Å². The third-order valence-corrected chi connectivity index (χ3v) is 3.11. The number of hydrogen-bond acceptors (Lipinski definition) is 2. The van der Waals surface area contributed by atoms with Crippen molar-refractivity contribution in [1.82, 2.24) is 0 Å². The maximum atomic E-state index is 5.83. The van der Waals surface area contributed by atoms with Crippen molar-refractivity contribution in [2.75, 3.05) is 12.3 Å². The largest absolute Gasteiger partial charge is 0.387 e. The minimum Gasteiger partial charge on any atom is -0.387 e. The smallest absolute Gasteiger partial charge is 0.104 e. The van der Waals surface area contributed by atoms with Gasteiger partial charge in [0.2, 0.25) is 0 Å². The van der Waals surface area contributed by atoms with Crippen LogP contribution in [0.3, 0.4) is 0 Å². The van der Waals surface area contributed by atoms with E-state index in [9.17, 15) is 0 Å². The Hall–Kier alpha value is -0.960. The van der Waals surface area contributed by atoms with Crippen molar-refractivity contribution < 1.29 is 0 Å². The molecule has 2 nitrogen and oxygen atoms in total. The van der Waals surface area contributed by atoms with Gasteiger partial charge in [-0.05, 0) is 25.0 Å². The van der Waals surface area contributed by atoms with Crippen molar-refractivity contribution in [3.05, 3.63) is 29.8 Å². The Bertz CT molecular complexity index is 341. The van der Waals surface area contributed by atoms with Gasteiger partial charge in [-0.3, -0.25) is 4.99 Å². The molecule has 0 amide bonds. The van der Waals surface area contributed by atoms with E-state index >= 15 is 0 Å². The van der Waals surface area contributed by atoms with Gasteiger partial charge in [0.15, 0.2) is 0 Å². The molecule has 0 aromatic heterocycles.